The highest BCUT2D eigenvalue weighted by Crippen LogP contribution is 2.37. The van der Waals surface area contributed by atoms with Gasteiger partial charge in [0.2, 0.25) is 17.7 Å². The van der Waals surface area contributed by atoms with Crippen LogP contribution in [0.3, 0.4) is 0 Å². The lowest BCUT2D eigenvalue weighted by Crippen LogP contribution is -2.62. The van der Waals surface area contributed by atoms with Gasteiger partial charge >= 0.3 is 5.92 Å². The Bertz CT molecular complexity index is 1630. The van der Waals surface area contributed by atoms with E-state index in [1.165, 1.54) is 31.2 Å². The Labute approximate surface area is 290 Å². The van der Waals surface area contributed by atoms with Crippen LogP contribution in [0, 0.1) is 23.1 Å². The van der Waals surface area contributed by atoms with Gasteiger partial charge in [-0.2, -0.15) is 14.0 Å². The van der Waals surface area contributed by atoms with Crippen LogP contribution in [0.5, 0.6) is 0 Å². The number of halogens is 3. The van der Waals surface area contributed by atoms with Crippen molar-refractivity contribution in [3.8, 4) is 6.07 Å². The van der Waals surface area contributed by atoms with Gasteiger partial charge in [-0.3, -0.25) is 19.2 Å². The topological polar surface area (TPSA) is 152 Å². The van der Waals surface area contributed by atoms with Crippen molar-refractivity contribution in [2.24, 2.45) is 5.92 Å². The average molecular weight is 698 g/mol. The Kier molecular flexibility index (Phi) is 12.0. The second-order valence-corrected chi connectivity index (χ2v) is 14.0. The first-order valence-electron chi connectivity index (χ1n) is 17.1. The van der Waals surface area contributed by atoms with E-state index < -0.39 is 58.1 Å². The summed E-state index contributed by atoms with van der Waals surface area (Å²) in [4.78, 5) is 54.6. The molecule has 2 fully saturated rings. The number of amides is 4. The Morgan fingerprint density at radius 3 is 2.32 bits per heavy atom. The molecule has 3 atom stereocenters. The molecule has 270 valence electrons. The molecule has 2 aromatic carbocycles. The van der Waals surface area contributed by atoms with Gasteiger partial charge in [0.15, 0.2) is 0 Å². The molecule has 13 heteroatoms. The number of alkyl halides is 2. The summed E-state index contributed by atoms with van der Waals surface area (Å²) in [6.45, 7) is 6.98. The third-order valence-corrected chi connectivity index (χ3v) is 10.2. The van der Waals surface area contributed by atoms with E-state index in [-0.39, 0.29) is 29.5 Å². The van der Waals surface area contributed by atoms with Crippen molar-refractivity contribution in [3.63, 3.8) is 0 Å². The Balaban J connectivity index is 1.57. The SMILES string of the molecule is CCC(=O)N[C@@H](C(=O)N1CCC(C)(O)CC1)[C@@H](C)c1ccc(NC(=O)[C@](C)(NC(=O)C(F)(F)c2cccc(C#N)c2)C2CCCCC2)c(F)c1. The van der Waals surface area contributed by atoms with Crippen molar-refractivity contribution in [1.82, 2.24) is 15.5 Å². The number of hydrogen-bond acceptors (Lipinski definition) is 6. The Hall–Kier alpha value is -4.44. The fraction of sp³-hybridized carbons (Fsp3) is 0.541. The summed E-state index contributed by atoms with van der Waals surface area (Å²) in [6.07, 6.45) is 4.14. The molecular weight excluding hydrogens is 651 g/mol. The van der Waals surface area contributed by atoms with Crippen molar-refractivity contribution in [3.05, 3.63) is 65.0 Å². The zero-order valence-electron chi connectivity index (χ0n) is 29.0. The molecule has 4 rings (SSSR count). The summed E-state index contributed by atoms with van der Waals surface area (Å²) in [5, 5.41) is 27.0. The number of carbonyl (C=O) groups is 4. The molecule has 1 aliphatic carbocycles. The van der Waals surface area contributed by atoms with Crippen LogP contribution in [0.1, 0.15) is 102 Å². The molecule has 1 saturated carbocycles. The van der Waals surface area contributed by atoms with Crippen LogP contribution >= 0.6 is 0 Å². The van der Waals surface area contributed by atoms with Gasteiger partial charge in [-0.25, -0.2) is 4.39 Å². The molecule has 4 amide bonds. The minimum absolute atomic E-state index is 0.0554. The molecule has 0 aromatic heterocycles. The minimum Gasteiger partial charge on any atom is -0.390 e. The van der Waals surface area contributed by atoms with Gasteiger partial charge in [-0.15, -0.1) is 0 Å². The molecule has 0 unspecified atom stereocenters. The molecule has 0 spiro atoms. The smallest absolute Gasteiger partial charge is 0.349 e. The zero-order valence-corrected chi connectivity index (χ0v) is 29.0. The van der Waals surface area contributed by atoms with E-state index >= 15 is 13.2 Å². The third kappa shape index (κ3) is 8.64. The quantitative estimate of drug-likeness (QED) is 0.252. The molecule has 1 saturated heterocycles. The van der Waals surface area contributed by atoms with Gasteiger partial charge in [0.05, 0.1) is 22.9 Å². The lowest BCUT2D eigenvalue weighted by Gasteiger charge is -2.40. The molecular formula is C37H46F3N5O5. The maximum Gasteiger partial charge on any atom is 0.349 e. The van der Waals surface area contributed by atoms with Gasteiger partial charge in [-0.1, -0.05) is 51.3 Å². The van der Waals surface area contributed by atoms with Crippen LogP contribution in [0.4, 0.5) is 18.9 Å². The predicted octanol–water partition coefficient (Wildman–Crippen LogP) is 5.25. The van der Waals surface area contributed by atoms with Gasteiger partial charge < -0.3 is 26.0 Å². The van der Waals surface area contributed by atoms with Crippen LogP contribution < -0.4 is 16.0 Å². The van der Waals surface area contributed by atoms with E-state index in [2.05, 4.69) is 16.0 Å². The van der Waals surface area contributed by atoms with E-state index in [9.17, 15) is 24.3 Å². The van der Waals surface area contributed by atoms with Gasteiger partial charge in [-0.05, 0) is 75.3 Å². The van der Waals surface area contributed by atoms with Gasteiger partial charge in [0, 0.05) is 31.0 Å². The fourth-order valence-electron chi connectivity index (χ4n) is 6.70. The molecule has 4 N–H and O–H groups in total. The van der Waals surface area contributed by atoms with E-state index in [1.807, 2.05) is 0 Å². The van der Waals surface area contributed by atoms with E-state index in [0.717, 1.165) is 37.5 Å². The van der Waals surface area contributed by atoms with Crippen LogP contribution in [0.2, 0.25) is 0 Å². The summed E-state index contributed by atoms with van der Waals surface area (Å²) in [6, 6.07) is 9.21. The summed E-state index contributed by atoms with van der Waals surface area (Å²) >= 11 is 0. The van der Waals surface area contributed by atoms with Gasteiger partial charge in [0.1, 0.15) is 17.4 Å². The molecule has 2 aliphatic rings. The van der Waals surface area contributed by atoms with E-state index in [0.29, 0.717) is 44.3 Å². The highest BCUT2D eigenvalue weighted by Gasteiger charge is 2.49. The van der Waals surface area contributed by atoms with E-state index in [1.54, 1.807) is 31.7 Å². The summed E-state index contributed by atoms with van der Waals surface area (Å²) in [5.74, 6) is -9.45. The highest BCUT2D eigenvalue weighted by atomic mass is 19.3. The number of rotatable bonds is 11. The highest BCUT2D eigenvalue weighted by molar-refractivity contribution is 6.01. The summed E-state index contributed by atoms with van der Waals surface area (Å²) in [5.41, 5.74) is -3.38. The lowest BCUT2D eigenvalue weighted by atomic mass is 9.74. The third-order valence-electron chi connectivity index (χ3n) is 10.2. The van der Waals surface area contributed by atoms with Crippen molar-refractivity contribution >= 4 is 29.3 Å². The Morgan fingerprint density at radius 2 is 1.72 bits per heavy atom. The first-order valence-corrected chi connectivity index (χ1v) is 17.1. The molecule has 0 bridgehead atoms. The summed E-state index contributed by atoms with van der Waals surface area (Å²) in [7, 11) is 0. The Morgan fingerprint density at radius 1 is 1.06 bits per heavy atom. The van der Waals surface area contributed by atoms with Crippen molar-refractivity contribution in [1.29, 1.82) is 5.26 Å². The predicted molar refractivity (Wildman–Crippen MR) is 180 cm³/mol. The number of benzene rings is 2. The molecule has 1 heterocycles. The standard InChI is InChI=1S/C37H46F3N5O5/c1-5-30(46)43-31(32(47)45-18-16-35(3,50)17-19-45)23(2)25-14-15-29(28(38)21-25)42-33(48)36(4,26-11-7-6-8-12-26)44-34(49)37(39,40)27-13-9-10-24(20-27)22-41/h9-10,13-15,20-21,23,26,31,50H,5-8,11-12,16-19H2,1-4H3,(H,42,48)(H,43,46)(H,44,49)/t23-,31+,36+/m0/s1. The zero-order chi connectivity index (χ0) is 36.9. The largest absolute Gasteiger partial charge is 0.390 e. The van der Waals surface area contributed by atoms with E-state index in [4.69, 9.17) is 5.26 Å². The first kappa shape index (κ1) is 38.4. The monoisotopic (exact) mass is 697 g/mol. The number of nitriles is 1. The number of nitrogens with zero attached hydrogens (tertiary/aromatic N) is 2. The average Bonchev–Trinajstić information content (AvgIpc) is 3.10. The number of piperidine rings is 1. The van der Waals surface area contributed by atoms with Crippen LogP contribution in [-0.2, 0) is 25.1 Å². The number of likely N-dealkylation sites (tertiary alicyclic amines) is 1. The van der Waals surface area contributed by atoms with Gasteiger partial charge in [0.25, 0.3) is 5.91 Å². The molecule has 0 radical (unpaired) electrons. The first-order chi connectivity index (χ1) is 23.5. The minimum atomic E-state index is -4.07. The normalized spacial score (nSPS) is 18.9. The van der Waals surface area contributed by atoms with Crippen molar-refractivity contribution in [2.45, 2.75) is 108 Å². The van der Waals surface area contributed by atoms with Crippen molar-refractivity contribution < 1.29 is 37.5 Å². The number of aliphatic hydroxyl groups is 1. The van der Waals surface area contributed by atoms with Crippen molar-refractivity contribution in [2.75, 3.05) is 18.4 Å². The molecule has 1 aliphatic heterocycles. The number of anilines is 1. The van der Waals surface area contributed by atoms with Crippen LogP contribution in [0.25, 0.3) is 0 Å². The maximum absolute atomic E-state index is 15.7. The van der Waals surface area contributed by atoms with Crippen LogP contribution in [-0.4, -0.2) is 63.9 Å². The molecule has 10 nitrogen and oxygen atoms in total. The fourth-order valence-corrected chi connectivity index (χ4v) is 6.70. The maximum atomic E-state index is 15.7. The number of hydrogen-bond donors (Lipinski definition) is 4. The van der Waals surface area contributed by atoms with Crippen LogP contribution in [0.15, 0.2) is 42.5 Å². The summed E-state index contributed by atoms with van der Waals surface area (Å²) < 4.78 is 46.6. The second-order valence-electron chi connectivity index (χ2n) is 14.0. The number of nitrogens with one attached hydrogen (secondary N) is 3. The second kappa shape index (κ2) is 15.6. The number of carbonyl (C=O) groups excluding carboxylic acids is 4. The lowest BCUT2D eigenvalue weighted by molar-refractivity contribution is -0.152. The molecule has 2 aromatic rings. The molecule has 50 heavy (non-hydrogen) atoms.